The van der Waals surface area contributed by atoms with E-state index in [2.05, 4.69) is 14.9 Å². The number of aromatic nitrogens is 4. The van der Waals surface area contributed by atoms with Gasteiger partial charge in [-0.3, -0.25) is 18.8 Å². The van der Waals surface area contributed by atoms with Crippen LogP contribution in [0, 0.1) is 23.4 Å². The Balaban J connectivity index is 1.14. The molecule has 4 heterocycles. The van der Waals surface area contributed by atoms with Crippen LogP contribution in [0.25, 0.3) is 16.7 Å². The van der Waals surface area contributed by atoms with Crippen molar-refractivity contribution in [3.05, 3.63) is 82.3 Å². The third-order valence-electron chi connectivity index (χ3n) is 8.15. The van der Waals surface area contributed by atoms with Crippen molar-refractivity contribution >= 4 is 22.9 Å². The Bertz CT molecular complexity index is 1620. The van der Waals surface area contributed by atoms with Gasteiger partial charge >= 0.3 is 5.69 Å². The Hall–Kier alpha value is -4.19. The SMILES string of the molecule is Nc1ncc(CN2CCC(C(=O)N3CCC(n4c(=O)n(-c5cc(F)cc(F)c5)c5cc(F)ccc54)CC3)CC2)cn1. The van der Waals surface area contributed by atoms with Crippen LogP contribution in [0.2, 0.25) is 0 Å². The van der Waals surface area contributed by atoms with E-state index in [-0.39, 0.29) is 35.0 Å². The zero-order valence-corrected chi connectivity index (χ0v) is 22.3. The number of anilines is 1. The van der Waals surface area contributed by atoms with Crippen LogP contribution in [-0.2, 0) is 11.3 Å². The van der Waals surface area contributed by atoms with Crippen molar-refractivity contribution in [2.24, 2.45) is 5.92 Å². The Morgan fingerprint density at radius 3 is 2.17 bits per heavy atom. The number of benzene rings is 2. The second-order valence-corrected chi connectivity index (χ2v) is 10.8. The largest absolute Gasteiger partial charge is 0.368 e. The van der Waals surface area contributed by atoms with Crippen LogP contribution < -0.4 is 11.4 Å². The van der Waals surface area contributed by atoms with E-state index in [9.17, 15) is 22.8 Å². The lowest BCUT2D eigenvalue weighted by Crippen LogP contribution is -2.46. The summed E-state index contributed by atoms with van der Waals surface area (Å²) < 4.78 is 44.9. The molecule has 0 bridgehead atoms. The number of piperidine rings is 2. The number of rotatable bonds is 5. The molecule has 6 rings (SSSR count). The zero-order valence-electron chi connectivity index (χ0n) is 22.3. The average molecular weight is 566 g/mol. The molecule has 2 aromatic carbocycles. The highest BCUT2D eigenvalue weighted by Gasteiger charge is 2.32. The van der Waals surface area contributed by atoms with E-state index >= 15 is 0 Å². The van der Waals surface area contributed by atoms with E-state index < -0.39 is 23.1 Å². The summed E-state index contributed by atoms with van der Waals surface area (Å²) in [5.41, 5.74) is 6.74. The maximum absolute atomic E-state index is 14.2. The first-order valence-electron chi connectivity index (χ1n) is 13.7. The predicted molar refractivity (Wildman–Crippen MR) is 147 cm³/mol. The smallest absolute Gasteiger partial charge is 0.333 e. The van der Waals surface area contributed by atoms with Crippen LogP contribution in [0.5, 0.6) is 0 Å². The predicted octanol–water partition coefficient (Wildman–Crippen LogP) is 3.66. The van der Waals surface area contributed by atoms with Crippen LogP contribution in [0.3, 0.4) is 0 Å². The van der Waals surface area contributed by atoms with Crippen LogP contribution in [-0.4, -0.2) is 61.0 Å². The van der Waals surface area contributed by atoms with Crippen molar-refractivity contribution in [1.29, 1.82) is 0 Å². The molecule has 2 N–H and O–H groups in total. The van der Waals surface area contributed by atoms with Crippen molar-refractivity contribution in [2.75, 3.05) is 31.9 Å². The van der Waals surface area contributed by atoms with Crippen LogP contribution >= 0.6 is 0 Å². The number of amides is 1. The Kier molecular flexibility index (Phi) is 7.24. The fourth-order valence-corrected chi connectivity index (χ4v) is 6.11. The molecule has 12 heteroatoms. The van der Waals surface area contributed by atoms with Crippen LogP contribution in [0.15, 0.2) is 53.6 Å². The molecule has 0 atom stereocenters. The van der Waals surface area contributed by atoms with E-state index in [1.165, 1.54) is 18.2 Å². The van der Waals surface area contributed by atoms with Gasteiger partial charge in [0.1, 0.15) is 17.5 Å². The molecule has 0 saturated carbocycles. The standard InChI is InChI=1S/C29H30F3N7O2/c30-20-1-2-25-26(14-20)39(24-12-21(31)11-22(32)13-24)29(41)38(25)23-5-9-37(10-6-23)27(40)19-3-7-36(8-4-19)17-18-15-34-28(33)35-16-18/h1-2,11-16,19,23H,3-10,17H2,(H2,33,34,35). The minimum atomic E-state index is -0.832. The molecule has 0 radical (unpaired) electrons. The van der Waals surface area contributed by atoms with Gasteiger partial charge in [-0.15, -0.1) is 0 Å². The minimum Gasteiger partial charge on any atom is -0.368 e. The van der Waals surface area contributed by atoms with E-state index in [0.29, 0.717) is 38.0 Å². The number of nitrogens with two attached hydrogens (primary N) is 1. The summed E-state index contributed by atoms with van der Waals surface area (Å²) in [4.78, 5) is 39.2. The van der Waals surface area contributed by atoms with Crippen LogP contribution in [0.1, 0.15) is 37.3 Å². The van der Waals surface area contributed by atoms with E-state index in [1.807, 2.05) is 4.90 Å². The molecule has 2 aromatic heterocycles. The monoisotopic (exact) mass is 565 g/mol. The van der Waals surface area contributed by atoms with Crippen molar-refractivity contribution < 1.29 is 18.0 Å². The Morgan fingerprint density at radius 1 is 0.854 bits per heavy atom. The summed E-state index contributed by atoms with van der Waals surface area (Å²) in [6.45, 7) is 3.27. The van der Waals surface area contributed by atoms with E-state index in [4.69, 9.17) is 5.73 Å². The third-order valence-corrected chi connectivity index (χ3v) is 8.15. The first-order valence-corrected chi connectivity index (χ1v) is 13.7. The number of fused-ring (bicyclic) bond motifs is 1. The van der Waals surface area contributed by atoms with E-state index in [1.54, 1.807) is 17.0 Å². The van der Waals surface area contributed by atoms with Gasteiger partial charge in [-0.1, -0.05) is 0 Å². The lowest BCUT2D eigenvalue weighted by Gasteiger charge is -2.37. The first kappa shape index (κ1) is 27.0. The minimum absolute atomic E-state index is 0.00951. The summed E-state index contributed by atoms with van der Waals surface area (Å²) in [5, 5.41) is 0. The van der Waals surface area contributed by atoms with Gasteiger partial charge in [0.05, 0.1) is 16.7 Å². The number of carbonyl (C=O) groups excluding carboxylic acids is 1. The molecule has 41 heavy (non-hydrogen) atoms. The average Bonchev–Trinajstić information content (AvgIpc) is 3.24. The number of nitrogen functional groups attached to an aromatic ring is 1. The highest BCUT2D eigenvalue weighted by atomic mass is 19.1. The van der Waals surface area contributed by atoms with Gasteiger partial charge in [-0.2, -0.15) is 0 Å². The summed E-state index contributed by atoms with van der Waals surface area (Å²) >= 11 is 0. The lowest BCUT2D eigenvalue weighted by atomic mass is 9.93. The summed E-state index contributed by atoms with van der Waals surface area (Å²) in [6.07, 6.45) is 6.04. The normalized spacial score (nSPS) is 17.4. The van der Waals surface area contributed by atoms with Crippen molar-refractivity contribution in [3.8, 4) is 5.69 Å². The summed E-state index contributed by atoms with van der Waals surface area (Å²) in [7, 11) is 0. The molecule has 4 aromatic rings. The maximum atomic E-state index is 14.2. The van der Waals surface area contributed by atoms with Gasteiger partial charge in [0.15, 0.2) is 0 Å². The van der Waals surface area contributed by atoms with Gasteiger partial charge in [0.2, 0.25) is 11.9 Å². The fraction of sp³-hybridized carbons (Fsp3) is 0.379. The molecule has 2 fully saturated rings. The number of likely N-dealkylation sites (tertiary alicyclic amines) is 2. The second-order valence-electron chi connectivity index (χ2n) is 10.8. The molecule has 1 amide bonds. The van der Waals surface area contributed by atoms with Gasteiger partial charge in [-0.25, -0.2) is 27.9 Å². The Morgan fingerprint density at radius 2 is 1.51 bits per heavy atom. The lowest BCUT2D eigenvalue weighted by molar-refractivity contribution is -0.138. The molecular formula is C29H30F3N7O2. The molecule has 2 saturated heterocycles. The highest BCUT2D eigenvalue weighted by Crippen LogP contribution is 2.30. The molecule has 2 aliphatic heterocycles. The van der Waals surface area contributed by atoms with Gasteiger partial charge in [0, 0.05) is 61.7 Å². The summed E-state index contributed by atoms with van der Waals surface area (Å²) in [5.74, 6) is -1.91. The quantitative estimate of drug-likeness (QED) is 0.396. The van der Waals surface area contributed by atoms with Gasteiger partial charge < -0.3 is 10.6 Å². The summed E-state index contributed by atoms with van der Waals surface area (Å²) in [6, 6.07) is 6.55. The zero-order chi connectivity index (χ0) is 28.7. The highest BCUT2D eigenvalue weighted by molar-refractivity contribution is 5.80. The van der Waals surface area contributed by atoms with E-state index in [0.717, 1.165) is 54.3 Å². The number of nitrogens with zero attached hydrogens (tertiary/aromatic N) is 6. The molecule has 0 spiro atoms. The van der Waals surface area contributed by atoms with Gasteiger partial charge in [-0.05, 0) is 63.0 Å². The number of carbonyl (C=O) groups is 1. The second kappa shape index (κ2) is 11.0. The van der Waals surface area contributed by atoms with Crippen molar-refractivity contribution in [1.82, 2.24) is 28.9 Å². The molecular weight excluding hydrogens is 535 g/mol. The number of halogens is 3. The molecule has 0 unspecified atom stereocenters. The van der Waals surface area contributed by atoms with Crippen LogP contribution in [0.4, 0.5) is 19.1 Å². The number of hydrogen-bond acceptors (Lipinski definition) is 6. The third kappa shape index (κ3) is 5.43. The molecule has 2 aliphatic rings. The topological polar surface area (TPSA) is 102 Å². The van der Waals surface area contributed by atoms with Crippen molar-refractivity contribution in [3.63, 3.8) is 0 Å². The first-order chi connectivity index (χ1) is 19.8. The molecule has 0 aliphatic carbocycles. The number of imidazole rings is 1. The number of hydrogen-bond donors (Lipinski definition) is 1. The fourth-order valence-electron chi connectivity index (χ4n) is 6.11. The van der Waals surface area contributed by atoms with Gasteiger partial charge in [0.25, 0.3) is 0 Å². The molecule has 214 valence electrons. The Labute approximate surface area is 234 Å². The molecule has 9 nitrogen and oxygen atoms in total. The maximum Gasteiger partial charge on any atom is 0.333 e. The van der Waals surface area contributed by atoms with Crippen molar-refractivity contribution in [2.45, 2.75) is 38.3 Å².